The third-order valence-electron chi connectivity index (χ3n) is 3.52. The second kappa shape index (κ2) is 5.10. The Bertz CT molecular complexity index is 161. The van der Waals surface area contributed by atoms with E-state index in [1.165, 1.54) is 32.1 Å². The average molecular weight is 199 g/mol. The number of hydrogen-bond donors (Lipinski definition) is 2. The number of aliphatic hydroxyl groups is 1. The second-order valence-corrected chi connectivity index (χ2v) is 4.56. The zero-order valence-corrected chi connectivity index (χ0v) is 8.74. The van der Waals surface area contributed by atoms with Crippen LogP contribution in [0.25, 0.3) is 0 Å². The van der Waals surface area contributed by atoms with Crippen LogP contribution in [0.3, 0.4) is 0 Å². The van der Waals surface area contributed by atoms with Gasteiger partial charge in [0.25, 0.3) is 0 Å². The van der Waals surface area contributed by atoms with E-state index in [2.05, 4.69) is 5.32 Å². The van der Waals surface area contributed by atoms with Crippen molar-refractivity contribution in [2.24, 2.45) is 5.92 Å². The van der Waals surface area contributed by atoms with Crippen LogP contribution in [0.5, 0.6) is 0 Å². The first kappa shape index (κ1) is 10.4. The van der Waals surface area contributed by atoms with Gasteiger partial charge in [-0.05, 0) is 18.8 Å². The fourth-order valence-corrected chi connectivity index (χ4v) is 2.57. The van der Waals surface area contributed by atoms with Gasteiger partial charge >= 0.3 is 0 Å². The first-order valence-electron chi connectivity index (χ1n) is 5.86. The van der Waals surface area contributed by atoms with Gasteiger partial charge < -0.3 is 15.2 Å². The Balaban J connectivity index is 1.76. The van der Waals surface area contributed by atoms with E-state index in [9.17, 15) is 0 Å². The molecule has 0 radical (unpaired) electrons. The molecular weight excluding hydrogens is 178 g/mol. The molecule has 1 saturated heterocycles. The molecule has 0 aromatic heterocycles. The van der Waals surface area contributed by atoms with Crippen molar-refractivity contribution in [2.45, 2.75) is 44.2 Å². The topological polar surface area (TPSA) is 41.5 Å². The van der Waals surface area contributed by atoms with E-state index in [1.807, 2.05) is 0 Å². The van der Waals surface area contributed by atoms with Crippen LogP contribution < -0.4 is 5.32 Å². The van der Waals surface area contributed by atoms with Gasteiger partial charge in [0.15, 0.2) is 0 Å². The third-order valence-corrected chi connectivity index (χ3v) is 3.52. The van der Waals surface area contributed by atoms with Crippen molar-refractivity contribution in [1.82, 2.24) is 5.32 Å². The van der Waals surface area contributed by atoms with E-state index in [0.29, 0.717) is 12.7 Å². The summed E-state index contributed by atoms with van der Waals surface area (Å²) in [5.41, 5.74) is 0. The van der Waals surface area contributed by atoms with Gasteiger partial charge in [-0.15, -0.1) is 0 Å². The Kier molecular flexibility index (Phi) is 3.79. The van der Waals surface area contributed by atoms with Crippen LogP contribution in [-0.2, 0) is 4.74 Å². The summed E-state index contributed by atoms with van der Waals surface area (Å²) < 4.78 is 5.80. The Morgan fingerprint density at radius 3 is 2.57 bits per heavy atom. The largest absolute Gasteiger partial charge is 0.395 e. The highest BCUT2D eigenvalue weighted by Gasteiger charge is 2.28. The minimum absolute atomic E-state index is 0.162. The van der Waals surface area contributed by atoms with E-state index in [4.69, 9.17) is 9.84 Å². The monoisotopic (exact) mass is 199 g/mol. The fraction of sp³-hybridized carbons (Fsp3) is 1.00. The summed E-state index contributed by atoms with van der Waals surface area (Å²) in [7, 11) is 0. The number of ether oxygens (including phenoxy) is 1. The SMILES string of the molecule is OCC1COC(C2CCCCC2)CN1. The Labute approximate surface area is 85.8 Å². The standard InChI is InChI=1S/C11H21NO2/c13-7-10-8-14-11(6-12-10)9-4-2-1-3-5-9/h9-13H,1-8H2. The van der Waals surface area contributed by atoms with Crippen molar-refractivity contribution in [2.75, 3.05) is 19.8 Å². The molecule has 2 rings (SSSR count). The molecule has 0 spiro atoms. The zero-order chi connectivity index (χ0) is 9.80. The molecule has 0 amide bonds. The molecule has 3 heteroatoms. The van der Waals surface area contributed by atoms with Gasteiger partial charge in [0, 0.05) is 6.54 Å². The number of nitrogens with one attached hydrogen (secondary N) is 1. The summed E-state index contributed by atoms with van der Waals surface area (Å²) in [6.07, 6.45) is 7.20. The first-order valence-corrected chi connectivity index (χ1v) is 5.86. The maximum absolute atomic E-state index is 8.95. The predicted molar refractivity (Wildman–Crippen MR) is 55.2 cm³/mol. The maximum atomic E-state index is 8.95. The molecule has 14 heavy (non-hydrogen) atoms. The predicted octanol–water partition coefficient (Wildman–Crippen LogP) is 0.916. The minimum atomic E-state index is 0.162. The summed E-state index contributed by atoms with van der Waals surface area (Å²) in [5, 5.41) is 12.3. The molecule has 2 aliphatic rings. The van der Waals surface area contributed by atoms with Crippen molar-refractivity contribution < 1.29 is 9.84 Å². The number of hydrogen-bond acceptors (Lipinski definition) is 3. The van der Waals surface area contributed by atoms with Crippen molar-refractivity contribution >= 4 is 0 Å². The van der Waals surface area contributed by atoms with Crippen LogP contribution >= 0.6 is 0 Å². The highest BCUT2D eigenvalue weighted by molar-refractivity contribution is 4.82. The van der Waals surface area contributed by atoms with Crippen LogP contribution in [-0.4, -0.2) is 37.0 Å². The van der Waals surface area contributed by atoms with Crippen LogP contribution in [0, 0.1) is 5.92 Å². The van der Waals surface area contributed by atoms with Crippen molar-refractivity contribution in [3.63, 3.8) is 0 Å². The van der Waals surface area contributed by atoms with E-state index in [-0.39, 0.29) is 12.6 Å². The number of rotatable bonds is 2. The second-order valence-electron chi connectivity index (χ2n) is 4.56. The molecule has 2 fully saturated rings. The van der Waals surface area contributed by atoms with Gasteiger partial charge in [0.05, 0.1) is 25.4 Å². The van der Waals surface area contributed by atoms with E-state index in [0.717, 1.165) is 12.5 Å². The summed E-state index contributed by atoms with van der Waals surface area (Å²) >= 11 is 0. The van der Waals surface area contributed by atoms with Gasteiger partial charge in [0.2, 0.25) is 0 Å². The van der Waals surface area contributed by atoms with E-state index < -0.39 is 0 Å². The summed E-state index contributed by atoms with van der Waals surface area (Å²) in [6, 6.07) is 0.162. The highest BCUT2D eigenvalue weighted by Crippen LogP contribution is 2.28. The van der Waals surface area contributed by atoms with Crippen LogP contribution in [0.4, 0.5) is 0 Å². The molecule has 1 aliphatic heterocycles. The normalized spacial score (nSPS) is 35.8. The fourth-order valence-electron chi connectivity index (χ4n) is 2.57. The van der Waals surface area contributed by atoms with E-state index in [1.54, 1.807) is 0 Å². The van der Waals surface area contributed by atoms with Gasteiger partial charge in [0.1, 0.15) is 0 Å². The molecule has 0 bridgehead atoms. The van der Waals surface area contributed by atoms with Gasteiger partial charge in [-0.25, -0.2) is 0 Å². The summed E-state index contributed by atoms with van der Waals surface area (Å²) in [6.45, 7) is 1.80. The molecule has 0 aromatic rings. The van der Waals surface area contributed by atoms with Crippen molar-refractivity contribution in [3.05, 3.63) is 0 Å². The summed E-state index contributed by atoms with van der Waals surface area (Å²) in [5.74, 6) is 0.760. The van der Waals surface area contributed by atoms with Gasteiger partial charge in [-0.2, -0.15) is 0 Å². The molecule has 0 aromatic carbocycles. The molecule has 2 unspecified atom stereocenters. The molecule has 2 N–H and O–H groups in total. The minimum Gasteiger partial charge on any atom is -0.395 e. The highest BCUT2D eigenvalue weighted by atomic mass is 16.5. The van der Waals surface area contributed by atoms with Gasteiger partial charge in [-0.3, -0.25) is 0 Å². The molecule has 3 nitrogen and oxygen atoms in total. The molecule has 82 valence electrons. The van der Waals surface area contributed by atoms with Crippen LogP contribution in [0.15, 0.2) is 0 Å². The quantitative estimate of drug-likeness (QED) is 0.695. The lowest BCUT2D eigenvalue weighted by molar-refractivity contribution is -0.0459. The summed E-state index contributed by atoms with van der Waals surface area (Å²) in [4.78, 5) is 0. The van der Waals surface area contributed by atoms with Crippen molar-refractivity contribution in [1.29, 1.82) is 0 Å². The lowest BCUT2D eigenvalue weighted by atomic mass is 9.84. The Morgan fingerprint density at radius 2 is 2.00 bits per heavy atom. The molecule has 1 aliphatic carbocycles. The lowest BCUT2D eigenvalue weighted by Crippen LogP contribution is -2.50. The van der Waals surface area contributed by atoms with Crippen molar-refractivity contribution in [3.8, 4) is 0 Å². The van der Waals surface area contributed by atoms with Crippen LogP contribution in [0.2, 0.25) is 0 Å². The number of morpholine rings is 1. The molecule has 2 atom stereocenters. The molecular formula is C11H21NO2. The maximum Gasteiger partial charge on any atom is 0.0728 e. The third kappa shape index (κ3) is 2.47. The zero-order valence-electron chi connectivity index (χ0n) is 8.74. The average Bonchev–Trinajstić information content (AvgIpc) is 2.30. The molecule has 1 saturated carbocycles. The van der Waals surface area contributed by atoms with E-state index >= 15 is 0 Å². The van der Waals surface area contributed by atoms with Crippen LogP contribution in [0.1, 0.15) is 32.1 Å². The first-order chi connectivity index (χ1) is 6.90. The smallest absolute Gasteiger partial charge is 0.0728 e. The van der Waals surface area contributed by atoms with Gasteiger partial charge in [-0.1, -0.05) is 19.3 Å². The molecule has 1 heterocycles. The Morgan fingerprint density at radius 1 is 1.21 bits per heavy atom. The Hall–Kier alpha value is -0.120. The lowest BCUT2D eigenvalue weighted by Gasteiger charge is -2.36. The number of aliphatic hydroxyl groups excluding tert-OH is 1.